The van der Waals surface area contributed by atoms with Crippen LogP contribution in [0.3, 0.4) is 0 Å². The first kappa shape index (κ1) is 19.8. The Morgan fingerprint density at radius 1 is 1.16 bits per heavy atom. The second-order valence-electron chi connectivity index (χ2n) is 8.63. The molecule has 0 aliphatic carbocycles. The van der Waals surface area contributed by atoms with Gasteiger partial charge in [-0.25, -0.2) is 4.98 Å². The number of fused-ring (bicyclic) bond motifs is 1. The molecule has 3 aromatic rings. The van der Waals surface area contributed by atoms with Gasteiger partial charge in [-0.05, 0) is 54.5 Å². The van der Waals surface area contributed by atoms with E-state index in [9.17, 15) is 9.59 Å². The first-order chi connectivity index (χ1) is 15.2. The number of hydrogen-bond donors (Lipinski definition) is 1. The van der Waals surface area contributed by atoms with E-state index in [2.05, 4.69) is 35.2 Å². The fourth-order valence-corrected chi connectivity index (χ4v) is 5.16. The Balaban J connectivity index is 1.24. The number of carbonyl (C=O) groups is 2. The van der Waals surface area contributed by atoms with Gasteiger partial charge in [-0.1, -0.05) is 25.1 Å². The van der Waals surface area contributed by atoms with Crippen LogP contribution in [0.5, 0.6) is 0 Å². The Morgan fingerprint density at radius 2 is 1.97 bits per heavy atom. The van der Waals surface area contributed by atoms with Crippen LogP contribution in [-0.2, 0) is 16.0 Å². The first-order valence-electron chi connectivity index (χ1n) is 11.2. The summed E-state index contributed by atoms with van der Waals surface area (Å²) in [6, 6.07) is 12.1. The van der Waals surface area contributed by atoms with Gasteiger partial charge in [0.05, 0.1) is 5.92 Å². The molecule has 0 bridgehead atoms. The minimum absolute atomic E-state index is 0.0560. The van der Waals surface area contributed by atoms with Gasteiger partial charge in [0.1, 0.15) is 5.65 Å². The second kappa shape index (κ2) is 8.17. The van der Waals surface area contributed by atoms with E-state index in [0.29, 0.717) is 18.9 Å². The number of anilines is 1. The van der Waals surface area contributed by atoms with Crippen LogP contribution in [0.4, 0.5) is 5.69 Å². The third kappa shape index (κ3) is 3.60. The highest BCUT2D eigenvalue weighted by molar-refractivity contribution is 6.00. The zero-order chi connectivity index (χ0) is 21.4. The average molecular weight is 417 g/mol. The number of aryl methyl sites for hydroxylation is 1. The monoisotopic (exact) mass is 416 g/mol. The number of para-hydroxylation sites is 1. The van der Waals surface area contributed by atoms with Gasteiger partial charge in [0.25, 0.3) is 0 Å². The molecule has 1 atom stereocenters. The predicted octanol–water partition coefficient (Wildman–Crippen LogP) is 3.88. The molecular formula is C25H28N4O2. The standard InChI is InChI=1S/C25H28N4O2/c1-2-17-6-3-4-8-22(17)29-16-19(14-23(29)30)25(31)28-12-9-18(10-13-28)21-15-27-24-20(21)7-5-11-26-24/h3-8,11,15,18-19H,2,9-10,12-14,16H2,1H3,(H,26,27). The molecule has 2 aliphatic rings. The van der Waals surface area contributed by atoms with E-state index in [-0.39, 0.29) is 17.7 Å². The summed E-state index contributed by atoms with van der Waals surface area (Å²) < 4.78 is 0. The van der Waals surface area contributed by atoms with Crippen molar-refractivity contribution in [2.75, 3.05) is 24.5 Å². The van der Waals surface area contributed by atoms with Crippen LogP contribution in [0.1, 0.15) is 43.2 Å². The number of hydrogen-bond acceptors (Lipinski definition) is 3. The van der Waals surface area contributed by atoms with E-state index >= 15 is 0 Å². The molecule has 31 heavy (non-hydrogen) atoms. The topological polar surface area (TPSA) is 69.3 Å². The number of nitrogens with zero attached hydrogens (tertiary/aromatic N) is 3. The number of aromatic nitrogens is 2. The van der Waals surface area contributed by atoms with Crippen LogP contribution in [0, 0.1) is 5.92 Å². The van der Waals surface area contributed by atoms with E-state index in [1.165, 1.54) is 10.9 Å². The van der Waals surface area contributed by atoms with Crippen LogP contribution < -0.4 is 4.90 Å². The Hall–Kier alpha value is -3.15. The molecule has 2 fully saturated rings. The van der Waals surface area contributed by atoms with Crippen LogP contribution in [0.25, 0.3) is 11.0 Å². The maximum atomic E-state index is 13.2. The lowest BCUT2D eigenvalue weighted by atomic mass is 9.89. The van der Waals surface area contributed by atoms with E-state index in [4.69, 9.17) is 0 Å². The third-order valence-electron chi connectivity index (χ3n) is 6.87. The van der Waals surface area contributed by atoms with E-state index in [1.54, 1.807) is 6.20 Å². The van der Waals surface area contributed by atoms with Crippen LogP contribution >= 0.6 is 0 Å². The molecule has 5 rings (SSSR count). The van der Waals surface area contributed by atoms with Crippen LogP contribution in [-0.4, -0.2) is 46.3 Å². The average Bonchev–Trinajstić information content (AvgIpc) is 3.42. The molecule has 2 aromatic heterocycles. The maximum Gasteiger partial charge on any atom is 0.228 e. The van der Waals surface area contributed by atoms with Crippen LogP contribution in [0.15, 0.2) is 48.8 Å². The van der Waals surface area contributed by atoms with Crippen molar-refractivity contribution >= 4 is 28.5 Å². The number of nitrogens with one attached hydrogen (secondary N) is 1. The Morgan fingerprint density at radius 3 is 2.77 bits per heavy atom. The van der Waals surface area contributed by atoms with Gasteiger partial charge in [0, 0.05) is 49.5 Å². The number of rotatable bonds is 4. The lowest BCUT2D eigenvalue weighted by Gasteiger charge is -2.33. The summed E-state index contributed by atoms with van der Waals surface area (Å²) >= 11 is 0. The predicted molar refractivity (Wildman–Crippen MR) is 121 cm³/mol. The van der Waals surface area contributed by atoms with Gasteiger partial charge < -0.3 is 14.8 Å². The Labute approximate surface area is 182 Å². The second-order valence-corrected chi connectivity index (χ2v) is 8.63. The molecule has 1 N–H and O–H groups in total. The largest absolute Gasteiger partial charge is 0.346 e. The zero-order valence-corrected chi connectivity index (χ0v) is 17.9. The van der Waals surface area contributed by atoms with Crippen molar-refractivity contribution in [3.05, 3.63) is 59.9 Å². The normalized spacial score (nSPS) is 20.0. The number of likely N-dealkylation sites (tertiary alicyclic amines) is 1. The van der Waals surface area contributed by atoms with Gasteiger partial charge in [-0.2, -0.15) is 0 Å². The van der Waals surface area contributed by atoms with Gasteiger partial charge in [0.15, 0.2) is 0 Å². The molecule has 1 aromatic carbocycles. The molecule has 0 saturated carbocycles. The van der Waals surface area contributed by atoms with Gasteiger partial charge >= 0.3 is 0 Å². The summed E-state index contributed by atoms with van der Waals surface area (Å²) in [7, 11) is 0. The van der Waals surface area contributed by atoms with Crippen molar-refractivity contribution in [2.24, 2.45) is 5.92 Å². The highest BCUT2D eigenvalue weighted by atomic mass is 16.2. The summed E-state index contributed by atoms with van der Waals surface area (Å²) in [6.07, 6.45) is 6.93. The number of amides is 2. The fraction of sp³-hybridized carbons (Fsp3) is 0.400. The van der Waals surface area contributed by atoms with Gasteiger partial charge in [-0.3, -0.25) is 9.59 Å². The van der Waals surface area contributed by atoms with Crippen molar-refractivity contribution in [3.63, 3.8) is 0 Å². The molecule has 160 valence electrons. The number of pyridine rings is 1. The number of aromatic amines is 1. The highest BCUT2D eigenvalue weighted by Crippen LogP contribution is 2.34. The molecule has 2 aliphatic heterocycles. The molecule has 0 spiro atoms. The SMILES string of the molecule is CCc1ccccc1N1CC(C(=O)N2CCC(c3c[nH]c4ncccc34)CC2)CC1=O. The van der Waals surface area contributed by atoms with Crippen molar-refractivity contribution in [1.29, 1.82) is 0 Å². The highest BCUT2D eigenvalue weighted by Gasteiger charge is 2.38. The van der Waals surface area contributed by atoms with E-state index < -0.39 is 0 Å². The summed E-state index contributed by atoms with van der Waals surface area (Å²) in [6.45, 7) is 4.07. The lowest BCUT2D eigenvalue weighted by Crippen LogP contribution is -2.42. The van der Waals surface area contributed by atoms with E-state index in [0.717, 1.165) is 49.2 Å². The molecule has 4 heterocycles. The quantitative estimate of drug-likeness (QED) is 0.702. The van der Waals surface area contributed by atoms with Crippen molar-refractivity contribution in [3.8, 4) is 0 Å². The number of benzene rings is 1. The smallest absolute Gasteiger partial charge is 0.228 e. The molecule has 1 unspecified atom stereocenters. The molecule has 0 radical (unpaired) electrons. The molecule has 2 amide bonds. The number of carbonyl (C=O) groups excluding carboxylic acids is 2. The summed E-state index contributed by atoms with van der Waals surface area (Å²) in [5.74, 6) is 0.371. The fourth-order valence-electron chi connectivity index (χ4n) is 5.16. The Bertz CT molecular complexity index is 1110. The molecular weight excluding hydrogens is 388 g/mol. The Kier molecular flexibility index (Phi) is 5.22. The van der Waals surface area contributed by atoms with Gasteiger partial charge in [0.2, 0.25) is 11.8 Å². The maximum absolute atomic E-state index is 13.2. The number of piperidine rings is 1. The minimum atomic E-state index is -0.244. The molecule has 2 saturated heterocycles. The molecule has 6 heteroatoms. The van der Waals surface area contributed by atoms with Crippen molar-refractivity contribution in [1.82, 2.24) is 14.9 Å². The van der Waals surface area contributed by atoms with Crippen molar-refractivity contribution < 1.29 is 9.59 Å². The van der Waals surface area contributed by atoms with E-state index in [1.807, 2.05) is 34.1 Å². The van der Waals surface area contributed by atoms with Crippen LogP contribution in [0.2, 0.25) is 0 Å². The third-order valence-corrected chi connectivity index (χ3v) is 6.87. The first-order valence-corrected chi connectivity index (χ1v) is 11.2. The molecule has 6 nitrogen and oxygen atoms in total. The minimum Gasteiger partial charge on any atom is -0.346 e. The lowest BCUT2D eigenvalue weighted by molar-refractivity contribution is -0.136. The summed E-state index contributed by atoms with van der Waals surface area (Å²) in [5.41, 5.74) is 4.33. The summed E-state index contributed by atoms with van der Waals surface area (Å²) in [5, 5.41) is 1.18. The zero-order valence-electron chi connectivity index (χ0n) is 17.9. The van der Waals surface area contributed by atoms with Gasteiger partial charge in [-0.15, -0.1) is 0 Å². The summed E-state index contributed by atoms with van der Waals surface area (Å²) in [4.78, 5) is 37.4. The van der Waals surface area contributed by atoms with Crippen molar-refractivity contribution in [2.45, 2.75) is 38.5 Å². The number of H-pyrrole nitrogens is 1.